The lowest BCUT2D eigenvalue weighted by Gasteiger charge is -2.21. The predicted molar refractivity (Wildman–Crippen MR) is 108 cm³/mol. The van der Waals surface area contributed by atoms with Gasteiger partial charge in [-0.3, -0.25) is 4.79 Å². The third-order valence-electron chi connectivity index (χ3n) is 4.34. The van der Waals surface area contributed by atoms with E-state index >= 15 is 0 Å². The average molecular weight is 366 g/mol. The summed E-state index contributed by atoms with van der Waals surface area (Å²) in [6.07, 6.45) is 5.73. The molecule has 142 valence electrons. The van der Waals surface area contributed by atoms with Crippen molar-refractivity contribution in [2.24, 2.45) is 0 Å². The van der Waals surface area contributed by atoms with Crippen molar-refractivity contribution in [3.05, 3.63) is 48.8 Å². The quantitative estimate of drug-likeness (QED) is 0.618. The van der Waals surface area contributed by atoms with Crippen molar-refractivity contribution in [2.75, 3.05) is 25.4 Å². The van der Waals surface area contributed by atoms with Gasteiger partial charge in [-0.25, -0.2) is 4.98 Å². The number of fused-ring (bicyclic) bond motifs is 1. The van der Waals surface area contributed by atoms with Crippen molar-refractivity contribution >= 4 is 17.2 Å². The van der Waals surface area contributed by atoms with Crippen LogP contribution in [0.25, 0.3) is 16.9 Å². The van der Waals surface area contributed by atoms with Gasteiger partial charge in [-0.15, -0.1) is 0 Å². The van der Waals surface area contributed by atoms with E-state index in [9.17, 15) is 4.79 Å². The number of rotatable bonds is 8. The topological polar surface area (TPSA) is 72.9 Å². The second kappa shape index (κ2) is 8.58. The van der Waals surface area contributed by atoms with E-state index in [2.05, 4.69) is 18.8 Å². The number of aromatic nitrogens is 2. The molecule has 6 nitrogen and oxygen atoms in total. The Hall–Kier alpha value is -3.02. The van der Waals surface area contributed by atoms with Crippen molar-refractivity contribution in [2.45, 2.75) is 26.7 Å². The number of hydrogen-bond donors (Lipinski definition) is 1. The number of nitrogen functional groups attached to an aromatic ring is 1. The first-order valence-electron chi connectivity index (χ1n) is 9.36. The summed E-state index contributed by atoms with van der Waals surface area (Å²) >= 11 is 0. The highest BCUT2D eigenvalue weighted by Crippen LogP contribution is 2.25. The Morgan fingerprint density at radius 2 is 1.85 bits per heavy atom. The van der Waals surface area contributed by atoms with E-state index in [4.69, 9.17) is 10.5 Å². The number of carbonyl (C=O) groups is 1. The second-order valence-electron chi connectivity index (χ2n) is 6.52. The number of hydrogen-bond acceptors (Lipinski definition) is 4. The molecular formula is C21H26N4O2. The number of anilines is 1. The summed E-state index contributed by atoms with van der Waals surface area (Å²) in [6.45, 7) is 5.67. The van der Waals surface area contributed by atoms with Crippen LogP contribution in [0.15, 0.2) is 48.8 Å². The maximum atomic E-state index is 12.5. The molecule has 0 unspecified atom stereocenters. The summed E-state index contributed by atoms with van der Waals surface area (Å²) in [5.41, 5.74) is 8.97. The van der Waals surface area contributed by atoms with E-state index in [-0.39, 0.29) is 12.5 Å². The molecule has 1 aromatic carbocycles. The van der Waals surface area contributed by atoms with Gasteiger partial charge in [0.2, 0.25) is 0 Å². The van der Waals surface area contributed by atoms with Gasteiger partial charge in [-0.05, 0) is 37.1 Å². The van der Waals surface area contributed by atoms with Crippen LogP contribution in [0.2, 0.25) is 0 Å². The molecule has 0 radical (unpaired) electrons. The zero-order valence-corrected chi connectivity index (χ0v) is 15.9. The van der Waals surface area contributed by atoms with Crippen LogP contribution in [0.4, 0.5) is 5.69 Å². The molecular weight excluding hydrogens is 340 g/mol. The van der Waals surface area contributed by atoms with Crippen LogP contribution in [0, 0.1) is 0 Å². The lowest BCUT2D eigenvalue weighted by atomic mass is 10.1. The average Bonchev–Trinajstić information content (AvgIpc) is 3.11. The van der Waals surface area contributed by atoms with Crippen LogP contribution in [0.1, 0.15) is 26.7 Å². The number of ether oxygens (including phenoxy) is 1. The van der Waals surface area contributed by atoms with Gasteiger partial charge in [0.1, 0.15) is 0 Å². The fourth-order valence-corrected chi connectivity index (χ4v) is 3.02. The first-order chi connectivity index (χ1) is 13.1. The number of amides is 1. The number of pyridine rings is 1. The molecule has 2 aromatic heterocycles. The van der Waals surface area contributed by atoms with E-state index in [1.807, 2.05) is 58.1 Å². The second-order valence-corrected chi connectivity index (χ2v) is 6.52. The minimum Gasteiger partial charge on any atom is -0.480 e. The minimum atomic E-state index is 0.00557. The third-order valence-corrected chi connectivity index (χ3v) is 4.34. The van der Waals surface area contributed by atoms with Crippen LogP contribution in [0.3, 0.4) is 0 Å². The molecule has 2 N–H and O–H groups in total. The molecule has 6 heteroatoms. The van der Waals surface area contributed by atoms with Crippen LogP contribution in [-0.4, -0.2) is 39.9 Å². The van der Waals surface area contributed by atoms with Crippen molar-refractivity contribution in [3.63, 3.8) is 0 Å². The van der Waals surface area contributed by atoms with Gasteiger partial charge in [0, 0.05) is 36.7 Å². The Kier molecular flexibility index (Phi) is 5.96. The molecule has 0 fully saturated rings. The van der Waals surface area contributed by atoms with Crippen LogP contribution in [0.5, 0.6) is 5.75 Å². The summed E-state index contributed by atoms with van der Waals surface area (Å²) < 4.78 is 7.73. The zero-order chi connectivity index (χ0) is 19.2. The lowest BCUT2D eigenvalue weighted by Crippen LogP contribution is -2.36. The molecule has 27 heavy (non-hydrogen) atoms. The molecule has 0 atom stereocenters. The van der Waals surface area contributed by atoms with Crippen LogP contribution >= 0.6 is 0 Å². The molecule has 1 amide bonds. The van der Waals surface area contributed by atoms with Crippen molar-refractivity contribution < 1.29 is 9.53 Å². The summed E-state index contributed by atoms with van der Waals surface area (Å²) in [7, 11) is 0. The van der Waals surface area contributed by atoms with Gasteiger partial charge in [-0.1, -0.05) is 26.0 Å². The summed E-state index contributed by atoms with van der Waals surface area (Å²) in [6, 6.07) is 11.3. The summed E-state index contributed by atoms with van der Waals surface area (Å²) in [5.74, 6) is 0.603. The van der Waals surface area contributed by atoms with Crippen LogP contribution < -0.4 is 10.5 Å². The number of imidazole rings is 1. The first-order valence-corrected chi connectivity index (χ1v) is 9.36. The van der Waals surface area contributed by atoms with Gasteiger partial charge in [-0.2, -0.15) is 0 Å². The third kappa shape index (κ3) is 4.39. The molecule has 0 aliphatic heterocycles. The zero-order valence-electron chi connectivity index (χ0n) is 15.9. The smallest absolute Gasteiger partial charge is 0.260 e. The van der Waals surface area contributed by atoms with Gasteiger partial charge in [0.05, 0.1) is 5.69 Å². The molecule has 3 aromatic rings. The van der Waals surface area contributed by atoms with E-state index < -0.39 is 0 Å². The molecule has 3 rings (SSSR count). The Morgan fingerprint density at radius 1 is 1.15 bits per heavy atom. The number of nitrogens with zero attached hydrogens (tertiary/aromatic N) is 3. The van der Waals surface area contributed by atoms with Gasteiger partial charge in [0.25, 0.3) is 5.91 Å². The predicted octanol–water partition coefficient (Wildman–Crippen LogP) is 3.61. The number of benzene rings is 1. The number of carbonyl (C=O) groups excluding carboxylic acids is 1. The summed E-state index contributed by atoms with van der Waals surface area (Å²) in [5, 5.41) is 0. The molecule has 0 bridgehead atoms. The van der Waals surface area contributed by atoms with Crippen molar-refractivity contribution in [1.29, 1.82) is 0 Å². The van der Waals surface area contributed by atoms with E-state index in [1.54, 1.807) is 0 Å². The molecule has 2 heterocycles. The highest BCUT2D eigenvalue weighted by molar-refractivity contribution is 5.78. The van der Waals surface area contributed by atoms with Crippen molar-refractivity contribution in [3.8, 4) is 17.0 Å². The molecule has 0 saturated heterocycles. The Labute approximate surface area is 159 Å². The number of nitrogens with two attached hydrogens (primary N) is 1. The Morgan fingerprint density at radius 3 is 2.52 bits per heavy atom. The van der Waals surface area contributed by atoms with E-state index in [0.717, 1.165) is 37.2 Å². The maximum absolute atomic E-state index is 12.5. The van der Waals surface area contributed by atoms with E-state index in [0.29, 0.717) is 17.1 Å². The largest absolute Gasteiger partial charge is 0.480 e. The Balaban J connectivity index is 1.79. The molecule has 0 aliphatic rings. The lowest BCUT2D eigenvalue weighted by molar-refractivity contribution is -0.133. The van der Waals surface area contributed by atoms with E-state index in [1.165, 1.54) is 0 Å². The minimum absolute atomic E-state index is 0.00557. The van der Waals surface area contributed by atoms with Gasteiger partial charge >= 0.3 is 0 Å². The SMILES string of the molecule is CCCN(CCC)C(=O)COc1cccn2cc(-c3ccc(N)cc3)nc12. The molecule has 0 saturated carbocycles. The van der Waals surface area contributed by atoms with Crippen molar-refractivity contribution in [1.82, 2.24) is 14.3 Å². The van der Waals surface area contributed by atoms with Gasteiger partial charge in [0.15, 0.2) is 18.0 Å². The normalized spacial score (nSPS) is 10.9. The maximum Gasteiger partial charge on any atom is 0.260 e. The first kappa shape index (κ1) is 18.8. The standard InChI is InChI=1S/C21H26N4O2/c1-3-11-24(12-4-2)20(26)15-27-19-6-5-13-25-14-18(23-21(19)25)16-7-9-17(22)10-8-16/h5-10,13-14H,3-4,11-12,15,22H2,1-2H3. The fraction of sp³-hybridized carbons (Fsp3) is 0.333. The summed E-state index contributed by atoms with van der Waals surface area (Å²) in [4.78, 5) is 19.0. The van der Waals surface area contributed by atoms with Crippen LogP contribution in [-0.2, 0) is 4.79 Å². The molecule has 0 spiro atoms. The van der Waals surface area contributed by atoms with Gasteiger partial charge < -0.3 is 19.8 Å². The fourth-order valence-electron chi connectivity index (χ4n) is 3.02. The highest BCUT2D eigenvalue weighted by atomic mass is 16.5. The molecule has 0 aliphatic carbocycles. The monoisotopic (exact) mass is 366 g/mol. The Bertz CT molecular complexity index is 896. The highest BCUT2D eigenvalue weighted by Gasteiger charge is 2.14.